The van der Waals surface area contributed by atoms with Crippen LogP contribution in [0.15, 0.2) is 11.6 Å². The molecule has 6 aliphatic rings. The summed E-state index contributed by atoms with van der Waals surface area (Å²) in [5.41, 5.74) is 0.831. The monoisotopic (exact) mass is 476 g/mol. The molecule has 5 fully saturated rings. The Balaban J connectivity index is 1.45. The van der Waals surface area contributed by atoms with Crippen molar-refractivity contribution >= 4 is 14.1 Å². The minimum absolute atomic E-state index is 0.0515. The molecule has 2 aliphatic heterocycles. The topological polar surface area (TPSA) is 63.2 Å². The van der Waals surface area contributed by atoms with Gasteiger partial charge in [0, 0.05) is 17.9 Å². The van der Waals surface area contributed by atoms with Gasteiger partial charge in [-0.25, -0.2) is 0 Å². The lowest BCUT2D eigenvalue weighted by molar-refractivity contribution is -0.256. The Morgan fingerprint density at radius 3 is 2.55 bits per heavy atom. The van der Waals surface area contributed by atoms with E-state index in [0.717, 1.165) is 38.5 Å². The van der Waals surface area contributed by atoms with Crippen molar-refractivity contribution in [1.29, 1.82) is 0 Å². The van der Waals surface area contributed by atoms with E-state index in [0.29, 0.717) is 36.6 Å². The first-order valence-electron chi connectivity index (χ1n) is 13.0. The van der Waals surface area contributed by atoms with Crippen LogP contribution in [0.3, 0.4) is 0 Å². The quantitative estimate of drug-likeness (QED) is 0.534. The third-order valence-electron chi connectivity index (χ3n) is 10.4. The van der Waals surface area contributed by atoms with Crippen molar-refractivity contribution in [2.24, 2.45) is 28.6 Å². The van der Waals surface area contributed by atoms with Crippen LogP contribution in [0.2, 0.25) is 19.6 Å². The molecule has 0 aromatic heterocycles. The fraction of sp³-hybridized carbons (Fsp3) is 0.885. The molecule has 0 aromatic rings. The summed E-state index contributed by atoms with van der Waals surface area (Å²) in [6.07, 6.45) is 8.95. The third kappa shape index (κ3) is 2.99. The lowest BCUT2D eigenvalue weighted by Crippen LogP contribution is -2.67. The van der Waals surface area contributed by atoms with Gasteiger partial charge in [-0.1, -0.05) is 19.4 Å². The summed E-state index contributed by atoms with van der Waals surface area (Å²) in [5.74, 6) is 1.05. The van der Waals surface area contributed by atoms with E-state index in [4.69, 9.17) is 23.4 Å². The largest absolute Gasteiger partial charge is 0.414 e. The summed E-state index contributed by atoms with van der Waals surface area (Å²) >= 11 is 0. The Bertz CT molecular complexity index is 869. The summed E-state index contributed by atoms with van der Waals surface area (Å²) in [4.78, 5) is 12.3. The summed E-state index contributed by atoms with van der Waals surface area (Å²) in [7, 11) is -1.81. The van der Waals surface area contributed by atoms with Gasteiger partial charge < -0.3 is 23.4 Å². The van der Waals surface area contributed by atoms with Gasteiger partial charge in [-0.15, -0.1) is 0 Å². The fourth-order valence-corrected chi connectivity index (χ4v) is 10.3. The Labute approximate surface area is 198 Å². The molecule has 0 bridgehead atoms. The molecule has 33 heavy (non-hydrogen) atoms. The minimum Gasteiger partial charge on any atom is -0.414 e. The van der Waals surface area contributed by atoms with Gasteiger partial charge in [0.2, 0.25) is 5.79 Å². The zero-order valence-electron chi connectivity index (χ0n) is 20.9. The van der Waals surface area contributed by atoms with Gasteiger partial charge in [0.05, 0.1) is 0 Å². The molecule has 3 saturated carbocycles. The normalized spacial score (nSPS) is 51.5. The number of rotatable bonds is 2. The molecule has 4 aliphatic carbocycles. The number of hydrogen-bond donors (Lipinski definition) is 0. The molecule has 0 unspecified atom stereocenters. The molecule has 2 saturated heterocycles. The van der Waals surface area contributed by atoms with Gasteiger partial charge in [0.25, 0.3) is 0 Å². The molecule has 0 aromatic carbocycles. The number of ketones is 1. The Morgan fingerprint density at radius 1 is 1.03 bits per heavy atom. The van der Waals surface area contributed by atoms with Crippen LogP contribution in [-0.4, -0.2) is 51.8 Å². The van der Waals surface area contributed by atoms with E-state index >= 15 is 0 Å². The lowest BCUT2D eigenvalue weighted by atomic mass is 9.45. The third-order valence-corrected chi connectivity index (χ3v) is 11.4. The zero-order valence-corrected chi connectivity index (χ0v) is 21.9. The van der Waals surface area contributed by atoms with E-state index in [-0.39, 0.29) is 30.5 Å². The standard InChI is InChI=1S/C26H40O6Si/c1-23-10-8-18(27)12-17(23)6-7-19-20-9-11-25(26(31-16-29-25)14-28-15-30-26)24(20,2)13-21(22(19)23)32-33(3,4)5/h12,19-22H,6-11,13-16H2,1-5H3/t19-,20-,21-,22+,23-,24-,25+,26+/m0/s1. The van der Waals surface area contributed by atoms with Crippen LogP contribution in [-0.2, 0) is 28.2 Å². The SMILES string of the molecule is C[C@]12CCC(=O)C=C1CC[C@@H]1[C@@H]2[C@@H](O[Si](C)(C)C)C[C@@]2(C)[C@H]1CC[C@@]21OCO[C@]12COCO2. The predicted molar refractivity (Wildman–Crippen MR) is 125 cm³/mol. The highest BCUT2D eigenvalue weighted by Gasteiger charge is 2.77. The Morgan fingerprint density at radius 2 is 1.82 bits per heavy atom. The van der Waals surface area contributed by atoms with E-state index in [1.807, 2.05) is 6.08 Å². The van der Waals surface area contributed by atoms with Crippen LogP contribution >= 0.6 is 0 Å². The molecular weight excluding hydrogens is 436 g/mol. The highest BCUT2D eigenvalue weighted by molar-refractivity contribution is 6.69. The highest BCUT2D eigenvalue weighted by atomic mass is 28.4. The van der Waals surface area contributed by atoms with E-state index < -0.39 is 19.7 Å². The van der Waals surface area contributed by atoms with Crippen LogP contribution in [0.1, 0.15) is 58.8 Å². The van der Waals surface area contributed by atoms with E-state index in [1.165, 1.54) is 5.57 Å². The molecule has 2 heterocycles. The molecule has 7 heteroatoms. The molecule has 2 spiro atoms. The first-order chi connectivity index (χ1) is 15.5. The van der Waals surface area contributed by atoms with Crippen LogP contribution in [0.25, 0.3) is 0 Å². The van der Waals surface area contributed by atoms with Crippen LogP contribution < -0.4 is 0 Å². The second-order valence-corrected chi connectivity index (χ2v) is 17.4. The zero-order chi connectivity index (χ0) is 23.3. The van der Waals surface area contributed by atoms with E-state index in [1.54, 1.807) is 0 Å². The average molecular weight is 477 g/mol. The van der Waals surface area contributed by atoms with Crippen molar-refractivity contribution in [3.8, 4) is 0 Å². The Kier molecular flexibility index (Phi) is 5.01. The molecule has 184 valence electrons. The van der Waals surface area contributed by atoms with Crippen LogP contribution in [0, 0.1) is 28.6 Å². The average Bonchev–Trinajstić information content (AvgIpc) is 3.42. The van der Waals surface area contributed by atoms with Crippen molar-refractivity contribution in [3.63, 3.8) is 0 Å². The van der Waals surface area contributed by atoms with Gasteiger partial charge in [-0.3, -0.25) is 4.79 Å². The highest BCUT2D eigenvalue weighted by Crippen LogP contribution is 2.72. The second kappa shape index (κ2) is 7.23. The van der Waals surface area contributed by atoms with Gasteiger partial charge in [-0.05, 0) is 87.4 Å². The van der Waals surface area contributed by atoms with E-state index in [9.17, 15) is 4.79 Å². The number of hydrogen-bond acceptors (Lipinski definition) is 6. The number of carbonyl (C=O) groups is 1. The summed E-state index contributed by atoms with van der Waals surface area (Å²) in [5, 5.41) is 0. The van der Waals surface area contributed by atoms with Gasteiger partial charge >= 0.3 is 0 Å². The number of fused-ring (bicyclic) bond motifs is 7. The first kappa shape index (κ1) is 22.9. The summed E-state index contributed by atoms with van der Waals surface area (Å²) < 4.78 is 31.8. The maximum Gasteiger partial charge on any atom is 0.226 e. The van der Waals surface area contributed by atoms with E-state index in [2.05, 4.69) is 33.5 Å². The van der Waals surface area contributed by atoms with Crippen molar-refractivity contribution < 1.29 is 28.2 Å². The predicted octanol–water partition coefficient (Wildman–Crippen LogP) is 4.79. The lowest BCUT2D eigenvalue weighted by Gasteiger charge is -2.63. The molecule has 0 radical (unpaired) electrons. The molecule has 6 nitrogen and oxygen atoms in total. The molecule has 0 amide bonds. The summed E-state index contributed by atoms with van der Waals surface area (Å²) in [6.45, 7) is 12.8. The van der Waals surface area contributed by atoms with Crippen molar-refractivity contribution in [3.05, 3.63) is 11.6 Å². The maximum absolute atomic E-state index is 12.3. The number of allylic oxidation sites excluding steroid dienone is 1. The van der Waals surface area contributed by atoms with Gasteiger partial charge in [-0.2, -0.15) is 0 Å². The molecule has 0 N–H and O–H groups in total. The molecular formula is C26H40O6Si. The van der Waals surface area contributed by atoms with Crippen molar-refractivity contribution in [2.45, 2.75) is 95.9 Å². The second-order valence-electron chi connectivity index (χ2n) is 12.9. The first-order valence-corrected chi connectivity index (χ1v) is 16.4. The molecule has 8 atom stereocenters. The Hall–Kier alpha value is -0.573. The van der Waals surface area contributed by atoms with Crippen molar-refractivity contribution in [2.75, 3.05) is 20.2 Å². The van der Waals surface area contributed by atoms with Crippen molar-refractivity contribution in [1.82, 2.24) is 0 Å². The van der Waals surface area contributed by atoms with Crippen LogP contribution in [0.4, 0.5) is 0 Å². The summed E-state index contributed by atoms with van der Waals surface area (Å²) in [6, 6.07) is 0. The molecule has 6 rings (SSSR count). The smallest absolute Gasteiger partial charge is 0.226 e. The maximum atomic E-state index is 12.3. The van der Waals surface area contributed by atoms with Crippen LogP contribution in [0.5, 0.6) is 0 Å². The fourth-order valence-electron chi connectivity index (χ4n) is 9.19. The number of ether oxygens (including phenoxy) is 4. The van der Waals surface area contributed by atoms with Gasteiger partial charge in [0.15, 0.2) is 27.7 Å². The minimum atomic E-state index is -1.81. The number of carbonyl (C=O) groups excluding carboxylic acids is 1. The van der Waals surface area contributed by atoms with Gasteiger partial charge in [0.1, 0.15) is 12.2 Å².